The van der Waals surface area contributed by atoms with Gasteiger partial charge >= 0.3 is 0 Å². The van der Waals surface area contributed by atoms with E-state index in [9.17, 15) is 13.2 Å². The van der Waals surface area contributed by atoms with Crippen LogP contribution in [0.25, 0.3) is 11.3 Å². The molecule has 49 heavy (non-hydrogen) atoms. The van der Waals surface area contributed by atoms with E-state index < -0.39 is 16.1 Å². The molecule has 0 spiro atoms. The summed E-state index contributed by atoms with van der Waals surface area (Å²) in [6.07, 6.45) is 2.27. The van der Waals surface area contributed by atoms with Crippen LogP contribution in [0.4, 0.5) is 11.8 Å². The lowest BCUT2D eigenvalue weighted by atomic mass is 9.87. The average molecular weight is 686 g/mol. The smallest absolute Gasteiger partial charge is 0.264 e. The Kier molecular flexibility index (Phi) is 10.0. The minimum atomic E-state index is -4.18. The molecule has 0 saturated carbocycles. The van der Waals surface area contributed by atoms with Crippen molar-refractivity contribution in [1.82, 2.24) is 24.8 Å². The number of ether oxygens (including phenoxy) is 1. The number of aryl methyl sites for hydroxylation is 2. The van der Waals surface area contributed by atoms with Crippen LogP contribution in [0.1, 0.15) is 75.3 Å². The first-order valence-electron chi connectivity index (χ1n) is 16.4. The number of nitrogens with one attached hydrogen (secondary N) is 1. The molecule has 0 unspecified atom stereocenters. The topological polar surface area (TPSA) is 131 Å². The van der Waals surface area contributed by atoms with Gasteiger partial charge in [-0.25, -0.2) is 28.1 Å². The van der Waals surface area contributed by atoms with Crippen molar-refractivity contribution in [3.8, 4) is 17.1 Å². The van der Waals surface area contributed by atoms with Gasteiger partial charge in [-0.05, 0) is 66.5 Å². The normalized spacial score (nSPS) is 16.5. The van der Waals surface area contributed by atoms with Crippen molar-refractivity contribution in [1.29, 1.82) is 0 Å². The Bertz CT molecular complexity index is 1930. The monoisotopic (exact) mass is 685 g/mol. The molecule has 260 valence electrons. The molecule has 1 aliphatic rings. The van der Waals surface area contributed by atoms with Crippen LogP contribution in [0.5, 0.6) is 5.88 Å². The van der Waals surface area contributed by atoms with Crippen LogP contribution in [0.15, 0.2) is 65.7 Å². The highest BCUT2D eigenvalue weighted by Gasteiger charge is 2.32. The van der Waals surface area contributed by atoms with Crippen LogP contribution in [-0.2, 0) is 16.6 Å². The number of anilines is 2. The molecule has 11 nitrogen and oxygen atoms in total. The number of nitrogens with zero attached hydrogens (tertiary/aromatic N) is 6. The molecular formula is C37H47N7O4S. The number of carbonyl (C=O) groups is 1. The summed E-state index contributed by atoms with van der Waals surface area (Å²) in [4.78, 5) is 36.7. The zero-order valence-electron chi connectivity index (χ0n) is 29.9. The number of hydrogen-bond acceptors (Lipinski definition) is 9. The van der Waals surface area contributed by atoms with E-state index in [2.05, 4.69) is 66.1 Å². The summed E-state index contributed by atoms with van der Waals surface area (Å²) in [5, 5.41) is 0. The van der Waals surface area contributed by atoms with Crippen molar-refractivity contribution in [2.24, 2.45) is 10.8 Å². The molecule has 2 aromatic heterocycles. The average Bonchev–Trinajstić information content (AvgIpc) is 3.00. The fourth-order valence-electron chi connectivity index (χ4n) is 6.17. The number of sulfonamides is 1. The predicted octanol–water partition coefficient (Wildman–Crippen LogP) is 6.67. The number of benzene rings is 2. The van der Waals surface area contributed by atoms with Gasteiger partial charge in [0.15, 0.2) is 0 Å². The second kappa shape index (κ2) is 13.7. The maximum Gasteiger partial charge on any atom is 0.264 e. The predicted molar refractivity (Wildman–Crippen MR) is 192 cm³/mol. The minimum Gasteiger partial charge on any atom is -0.475 e. The summed E-state index contributed by atoms with van der Waals surface area (Å²) < 4.78 is 36.3. The maximum absolute atomic E-state index is 14.5. The van der Waals surface area contributed by atoms with E-state index in [1.807, 2.05) is 45.2 Å². The number of aromatic nitrogens is 4. The fraction of sp³-hybridized carbons (Fsp3) is 0.432. The van der Waals surface area contributed by atoms with E-state index in [-0.39, 0.29) is 52.2 Å². The van der Waals surface area contributed by atoms with Crippen LogP contribution in [0, 0.1) is 24.7 Å². The van der Waals surface area contributed by atoms with E-state index in [0.717, 1.165) is 29.1 Å². The lowest BCUT2D eigenvalue weighted by molar-refractivity contribution is 0.0505. The third-order valence-corrected chi connectivity index (χ3v) is 9.46. The third kappa shape index (κ3) is 8.91. The molecule has 12 heteroatoms. The Balaban J connectivity index is 1.64. The standard InChI is InChI=1S/C37H47N7O4S/c1-24-12-10-13-25(2)33(24)29-19-32-41-35(39-29)42-49(46,47)28-15-11-14-26(18-28)34(45)44(27(22-48-32)20-36(3,4)5)21-30-38-17-16-31(40-30)43(9)23-37(6,7)8/h10-19,27H,20-23H2,1-9H3,(H,39,41,42)/t27-/m1/s1. The first-order valence-corrected chi connectivity index (χ1v) is 17.9. The highest BCUT2D eigenvalue weighted by molar-refractivity contribution is 7.92. The van der Waals surface area contributed by atoms with Gasteiger partial charge in [-0.3, -0.25) is 4.79 Å². The zero-order valence-corrected chi connectivity index (χ0v) is 30.7. The summed E-state index contributed by atoms with van der Waals surface area (Å²) in [5.41, 5.74) is 3.38. The molecular weight excluding hydrogens is 639 g/mol. The fourth-order valence-corrected chi connectivity index (χ4v) is 7.16. The Morgan fingerprint density at radius 2 is 1.63 bits per heavy atom. The first kappa shape index (κ1) is 35.7. The van der Waals surface area contributed by atoms with E-state index in [0.29, 0.717) is 17.9 Å². The molecule has 2 aromatic carbocycles. The van der Waals surface area contributed by atoms with Crippen LogP contribution in [0.3, 0.4) is 0 Å². The lowest BCUT2D eigenvalue weighted by Gasteiger charge is -2.35. The number of amides is 1. The molecule has 1 aliphatic heterocycles. The van der Waals surface area contributed by atoms with Gasteiger partial charge in [0.1, 0.15) is 18.2 Å². The van der Waals surface area contributed by atoms with Gasteiger partial charge < -0.3 is 14.5 Å². The maximum atomic E-state index is 14.5. The first-order chi connectivity index (χ1) is 22.9. The molecule has 4 bridgehead atoms. The molecule has 0 saturated heterocycles. The molecule has 1 amide bonds. The molecule has 0 aliphatic carbocycles. The highest BCUT2D eigenvalue weighted by Crippen LogP contribution is 2.32. The van der Waals surface area contributed by atoms with Gasteiger partial charge in [0.25, 0.3) is 15.9 Å². The Hall–Kier alpha value is -4.58. The van der Waals surface area contributed by atoms with Gasteiger partial charge in [-0.1, -0.05) is 65.8 Å². The van der Waals surface area contributed by atoms with Gasteiger partial charge in [-0.2, -0.15) is 4.98 Å². The Morgan fingerprint density at radius 1 is 0.939 bits per heavy atom. The molecule has 0 radical (unpaired) electrons. The van der Waals surface area contributed by atoms with Gasteiger partial charge in [0.05, 0.1) is 23.2 Å². The number of carbonyl (C=O) groups excluding carboxylic acids is 1. The van der Waals surface area contributed by atoms with E-state index in [1.54, 1.807) is 29.3 Å². The quantitative estimate of drug-likeness (QED) is 0.236. The highest BCUT2D eigenvalue weighted by atomic mass is 32.2. The molecule has 1 N–H and O–H groups in total. The van der Waals surface area contributed by atoms with Crippen LogP contribution in [0.2, 0.25) is 0 Å². The van der Waals surface area contributed by atoms with Crippen LogP contribution >= 0.6 is 0 Å². The molecule has 3 heterocycles. The zero-order chi connectivity index (χ0) is 35.7. The Morgan fingerprint density at radius 3 is 2.31 bits per heavy atom. The van der Waals surface area contributed by atoms with Crippen molar-refractivity contribution in [2.45, 2.75) is 79.3 Å². The van der Waals surface area contributed by atoms with Gasteiger partial charge in [0, 0.05) is 37.0 Å². The largest absolute Gasteiger partial charge is 0.475 e. The van der Waals surface area contributed by atoms with Crippen LogP contribution in [-0.4, -0.2) is 65.4 Å². The number of rotatable bonds is 6. The molecule has 4 aromatic rings. The molecule has 1 atom stereocenters. The van der Waals surface area contributed by atoms with E-state index >= 15 is 0 Å². The second-order valence-electron chi connectivity index (χ2n) is 15.2. The van der Waals surface area contributed by atoms with Gasteiger partial charge in [-0.15, -0.1) is 0 Å². The third-order valence-electron chi connectivity index (χ3n) is 8.14. The van der Waals surface area contributed by atoms with E-state index in [4.69, 9.17) is 9.72 Å². The number of hydrogen-bond donors (Lipinski definition) is 1. The summed E-state index contributed by atoms with van der Waals surface area (Å²) in [7, 11) is -2.20. The van der Waals surface area contributed by atoms with Crippen molar-refractivity contribution < 1.29 is 17.9 Å². The molecule has 0 fully saturated rings. The SMILES string of the molecule is Cc1cccc(C)c1-c1cc2nc(n1)NS(=O)(=O)c1cccc(c1)C(=O)N(Cc1nccc(N(C)CC(C)(C)C)n1)[C@H](CC(C)(C)C)CO2. The summed E-state index contributed by atoms with van der Waals surface area (Å²) in [6, 6.07) is 15.0. The second-order valence-corrected chi connectivity index (χ2v) is 16.9. The number of fused-ring (bicyclic) bond motifs is 4. The van der Waals surface area contributed by atoms with Crippen LogP contribution < -0.4 is 14.4 Å². The lowest BCUT2D eigenvalue weighted by Crippen LogP contribution is -2.45. The summed E-state index contributed by atoms with van der Waals surface area (Å²) in [6.45, 7) is 17.7. The van der Waals surface area contributed by atoms with Crippen molar-refractivity contribution >= 4 is 27.7 Å². The molecule has 5 rings (SSSR count). The van der Waals surface area contributed by atoms with E-state index in [1.165, 1.54) is 12.1 Å². The summed E-state index contributed by atoms with van der Waals surface area (Å²) >= 11 is 0. The van der Waals surface area contributed by atoms with Crippen molar-refractivity contribution in [2.75, 3.05) is 29.8 Å². The van der Waals surface area contributed by atoms with Crippen molar-refractivity contribution in [3.63, 3.8) is 0 Å². The van der Waals surface area contributed by atoms with Crippen molar-refractivity contribution in [3.05, 3.63) is 83.3 Å². The Labute approximate surface area is 290 Å². The van der Waals surface area contributed by atoms with Gasteiger partial charge in [0.2, 0.25) is 11.8 Å². The summed E-state index contributed by atoms with van der Waals surface area (Å²) in [5.74, 6) is 0.903. The minimum absolute atomic E-state index is 0.0412.